The smallest absolute Gasteiger partial charge is 0.266 e. The molecular weight excluding hydrogens is 514 g/mol. The Hall–Kier alpha value is -3.69. The predicted molar refractivity (Wildman–Crippen MR) is 140 cm³/mol. The summed E-state index contributed by atoms with van der Waals surface area (Å²) < 4.78 is 2.43. The normalized spacial score (nSPS) is 11.4. The van der Waals surface area contributed by atoms with E-state index < -0.39 is 0 Å². The molecule has 9 heteroatoms. The first-order valence-electron chi connectivity index (χ1n) is 10.4. The van der Waals surface area contributed by atoms with Crippen molar-refractivity contribution in [3.8, 4) is 5.69 Å². The molecule has 0 unspecified atom stereocenters. The van der Waals surface area contributed by atoms with E-state index in [1.54, 1.807) is 18.3 Å². The van der Waals surface area contributed by atoms with Crippen molar-refractivity contribution < 1.29 is 4.79 Å². The number of hydrogen-bond donors (Lipinski definition) is 2. The maximum Gasteiger partial charge on any atom is 0.266 e. The van der Waals surface area contributed by atoms with Crippen LogP contribution in [-0.2, 0) is 4.79 Å². The summed E-state index contributed by atoms with van der Waals surface area (Å²) in [5.41, 5.74) is 5.50. The summed E-state index contributed by atoms with van der Waals surface area (Å²) in [5.74, 6) is -0.252. The van der Waals surface area contributed by atoms with Crippen molar-refractivity contribution in [1.29, 1.82) is 0 Å². The molecule has 0 radical (unpaired) electrons. The standard InChI is InChI=1S/C25H18BrN5O2S/c26-17-9-11-18(12-10-17)31-24(33)20-6-2-4-8-22(20)29-25(31)34-15-23(32)30-28-14-16-13-27-21-7-3-1-5-19(16)21/h1-14,27H,15H2,(H,30,32). The van der Waals surface area contributed by atoms with Crippen molar-refractivity contribution in [3.05, 3.63) is 99.4 Å². The number of fused-ring (bicyclic) bond motifs is 2. The molecule has 0 fully saturated rings. The third-order valence-electron chi connectivity index (χ3n) is 5.18. The SMILES string of the molecule is O=C(CSc1nc2ccccc2c(=O)n1-c1ccc(Br)cc1)NN=Cc1c[nH]c2ccccc12. The average Bonchev–Trinajstić information content (AvgIpc) is 3.27. The van der Waals surface area contributed by atoms with Crippen molar-refractivity contribution in [2.24, 2.45) is 5.10 Å². The lowest BCUT2D eigenvalue weighted by Crippen LogP contribution is -2.24. The quantitative estimate of drug-likeness (QED) is 0.141. The monoisotopic (exact) mass is 531 g/mol. The van der Waals surface area contributed by atoms with Crippen molar-refractivity contribution in [1.82, 2.24) is 20.0 Å². The molecule has 2 heterocycles. The van der Waals surface area contributed by atoms with Crippen LogP contribution in [0.2, 0.25) is 0 Å². The van der Waals surface area contributed by atoms with Crippen LogP contribution in [0.5, 0.6) is 0 Å². The first-order valence-corrected chi connectivity index (χ1v) is 12.2. The van der Waals surface area contributed by atoms with Crippen LogP contribution >= 0.6 is 27.7 Å². The van der Waals surface area contributed by atoms with Gasteiger partial charge in [0, 0.05) is 27.1 Å². The van der Waals surface area contributed by atoms with Crippen LogP contribution in [0.25, 0.3) is 27.5 Å². The number of aromatic amines is 1. The highest BCUT2D eigenvalue weighted by Gasteiger charge is 2.14. The number of hydrogen-bond acceptors (Lipinski definition) is 5. The van der Waals surface area contributed by atoms with Crippen LogP contribution in [0.1, 0.15) is 5.56 Å². The molecule has 0 atom stereocenters. The predicted octanol–water partition coefficient (Wildman–Crippen LogP) is 4.87. The largest absolute Gasteiger partial charge is 0.361 e. The lowest BCUT2D eigenvalue weighted by molar-refractivity contribution is -0.118. The molecule has 0 bridgehead atoms. The number of para-hydroxylation sites is 2. The molecule has 0 saturated carbocycles. The number of thioether (sulfide) groups is 1. The average molecular weight is 532 g/mol. The second-order valence-electron chi connectivity index (χ2n) is 7.40. The van der Waals surface area contributed by atoms with Crippen LogP contribution in [0.4, 0.5) is 0 Å². The molecule has 0 aliphatic rings. The van der Waals surface area contributed by atoms with Gasteiger partial charge in [0.1, 0.15) is 0 Å². The van der Waals surface area contributed by atoms with Gasteiger partial charge in [-0.05, 0) is 42.5 Å². The van der Waals surface area contributed by atoms with Crippen molar-refractivity contribution >= 4 is 61.6 Å². The van der Waals surface area contributed by atoms with E-state index in [-0.39, 0.29) is 17.2 Å². The van der Waals surface area contributed by atoms with E-state index in [4.69, 9.17) is 0 Å². The molecule has 5 rings (SSSR count). The molecule has 1 amide bonds. The van der Waals surface area contributed by atoms with Gasteiger partial charge in [0.05, 0.1) is 28.6 Å². The second kappa shape index (κ2) is 9.66. The molecule has 5 aromatic rings. The Morgan fingerprint density at radius 2 is 1.79 bits per heavy atom. The summed E-state index contributed by atoms with van der Waals surface area (Å²) in [4.78, 5) is 33.6. The summed E-state index contributed by atoms with van der Waals surface area (Å²) in [6, 6.07) is 22.4. The number of H-pyrrole nitrogens is 1. The molecule has 0 aliphatic heterocycles. The number of halogens is 1. The lowest BCUT2D eigenvalue weighted by atomic mass is 10.2. The lowest BCUT2D eigenvalue weighted by Gasteiger charge is -2.13. The van der Waals surface area contributed by atoms with E-state index in [0.29, 0.717) is 21.7 Å². The van der Waals surface area contributed by atoms with Crippen molar-refractivity contribution in [3.63, 3.8) is 0 Å². The molecule has 168 valence electrons. The number of carbonyl (C=O) groups excluding carboxylic acids is 1. The van der Waals surface area contributed by atoms with Crippen LogP contribution in [0.15, 0.2) is 98.5 Å². The zero-order chi connectivity index (χ0) is 23.5. The van der Waals surface area contributed by atoms with Crippen LogP contribution in [-0.4, -0.2) is 32.4 Å². The third-order valence-corrected chi connectivity index (χ3v) is 6.64. The minimum absolute atomic E-state index is 0.0481. The van der Waals surface area contributed by atoms with Gasteiger partial charge in [-0.3, -0.25) is 14.2 Å². The van der Waals surface area contributed by atoms with Gasteiger partial charge in [-0.1, -0.05) is 58.0 Å². The molecule has 7 nitrogen and oxygen atoms in total. The highest BCUT2D eigenvalue weighted by atomic mass is 79.9. The van der Waals surface area contributed by atoms with E-state index >= 15 is 0 Å². The molecule has 2 N–H and O–H groups in total. The highest BCUT2D eigenvalue weighted by molar-refractivity contribution is 9.10. The number of aromatic nitrogens is 3. The van der Waals surface area contributed by atoms with E-state index in [1.807, 2.05) is 66.9 Å². The number of nitrogens with zero attached hydrogens (tertiary/aromatic N) is 3. The minimum Gasteiger partial charge on any atom is -0.361 e. The van der Waals surface area contributed by atoms with Gasteiger partial charge in [-0.2, -0.15) is 5.10 Å². The number of nitrogens with one attached hydrogen (secondary N) is 2. The van der Waals surface area contributed by atoms with Gasteiger partial charge < -0.3 is 4.98 Å². The van der Waals surface area contributed by atoms with Gasteiger partial charge in [-0.15, -0.1) is 0 Å². The third kappa shape index (κ3) is 4.52. The second-order valence-corrected chi connectivity index (χ2v) is 9.26. The zero-order valence-corrected chi connectivity index (χ0v) is 20.1. The number of benzene rings is 3. The summed E-state index contributed by atoms with van der Waals surface area (Å²) in [7, 11) is 0. The maximum absolute atomic E-state index is 13.3. The topological polar surface area (TPSA) is 92.1 Å². The number of amides is 1. The Bertz CT molecular complexity index is 1590. The first kappa shape index (κ1) is 22.1. The van der Waals surface area contributed by atoms with Gasteiger partial charge in [-0.25, -0.2) is 10.4 Å². The van der Waals surface area contributed by atoms with Crippen molar-refractivity contribution in [2.45, 2.75) is 5.16 Å². The Kier molecular flexibility index (Phi) is 6.29. The number of carbonyl (C=O) groups is 1. The fourth-order valence-electron chi connectivity index (χ4n) is 3.56. The van der Waals surface area contributed by atoms with Gasteiger partial charge in [0.2, 0.25) is 0 Å². The van der Waals surface area contributed by atoms with Gasteiger partial charge in [0.15, 0.2) is 5.16 Å². The number of hydrazone groups is 1. The molecular formula is C25H18BrN5O2S. The van der Waals surface area contributed by atoms with Crippen LogP contribution < -0.4 is 11.0 Å². The summed E-state index contributed by atoms with van der Waals surface area (Å²) in [6.07, 6.45) is 3.44. The van der Waals surface area contributed by atoms with E-state index in [9.17, 15) is 9.59 Å². The molecule has 0 spiro atoms. The minimum atomic E-state index is -0.300. The van der Waals surface area contributed by atoms with E-state index in [0.717, 1.165) is 20.9 Å². The Labute approximate surface area is 207 Å². The Balaban J connectivity index is 1.36. The summed E-state index contributed by atoms with van der Waals surface area (Å²) >= 11 is 4.60. The van der Waals surface area contributed by atoms with Crippen molar-refractivity contribution in [2.75, 3.05) is 5.75 Å². The molecule has 0 aliphatic carbocycles. The first-order chi connectivity index (χ1) is 16.6. The number of rotatable bonds is 6. The maximum atomic E-state index is 13.3. The fraction of sp³-hybridized carbons (Fsp3) is 0.0400. The molecule has 0 saturated heterocycles. The summed E-state index contributed by atoms with van der Waals surface area (Å²) in [6.45, 7) is 0. The van der Waals surface area contributed by atoms with Crippen LogP contribution in [0.3, 0.4) is 0 Å². The van der Waals surface area contributed by atoms with Gasteiger partial charge in [0.25, 0.3) is 11.5 Å². The van der Waals surface area contributed by atoms with E-state index in [1.165, 1.54) is 16.3 Å². The van der Waals surface area contributed by atoms with E-state index in [2.05, 4.69) is 36.4 Å². The highest BCUT2D eigenvalue weighted by Crippen LogP contribution is 2.22. The zero-order valence-electron chi connectivity index (χ0n) is 17.7. The van der Waals surface area contributed by atoms with Gasteiger partial charge >= 0.3 is 0 Å². The fourth-order valence-corrected chi connectivity index (χ4v) is 4.63. The summed E-state index contributed by atoms with van der Waals surface area (Å²) in [5, 5.41) is 6.05. The Morgan fingerprint density at radius 1 is 1.06 bits per heavy atom. The Morgan fingerprint density at radius 3 is 2.62 bits per heavy atom. The molecule has 3 aromatic carbocycles. The molecule has 2 aromatic heterocycles. The van der Waals surface area contributed by atoms with Crippen LogP contribution in [0, 0.1) is 0 Å². The molecule has 34 heavy (non-hydrogen) atoms.